The molecular formula is C39H46F3N5O9. The first-order valence-corrected chi connectivity index (χ1v) is 17.9. The zero-order valence-corrected chi connectivity index (χ0v) is 31.6. The van der Waals surface area contributed by atoms with Crippen molar-refractivity contribution in [3.8, 4) is 23.0 Å². The molecular weight excluding hydrogens is 739 g/mol. The van der Waals surface area contributed by atoms with E-state index < -0.39 is 71.9 Å². The van der Waals surface area contributed by atoms with Crippen molar-refractivity contribution in [2.24, 2.45) is 5.92 Å². The number of halogens is 3. The van der Waals surface area contributed by atoms with Gasteiger partial charge in [0, 0.05) is 24.2 Å². The molecule has 3 aromatic carbocycles. The van der Waals surface area contributed by atoms with Crippen molar-refractivity contribution < 1.29 is 56.5 Å². The summed E-state index contributed by atoms with van der Waals surface area (Å²) in [7, 11) is 2.87. The molecule has 5 amide bonds. The van der Waals surface area contributed by atoms with E-state index in [1.165, 1.54) is 39.3 Å². The predicted octanol–water partition coefficient (Wildman–Crippen LogP) is 3.80. The van der Waals surface area contributed by atoms with Crippen LogP contribution in [0.25, 0.3) is 0 Å². The minimum Gasteiger partial charge on any atom is -0.496 e. The van der Waals surface area contributed by atoms with Crippen LogP contribution in [0, 0.1) is 5.92 Å². The molecule has 302 valence electrons. The largest absolute Gasteiger partial charge is 0.496 e. The molecule has 0 radical (unpaired) electrons. The highest BCUT2D eigenvalue weighted by Gasteiger charge is 2.34. The summed E-state index contributed by atoms with van der Waals surface area (Å²) in [4.78, 5) is 68.3. The van der Waals surface area contributed by atoms with Gasteiger partial charge in [-0.25, -0.2) is 0 Å². The second kappa shape index (κ2) is 19.2. The van der Waals surface area contributed by atoms with Crippen LogP contribution in [-0.2, 0) is 27.1 Å². The molecule has 1 aliphatic rings. The number of ether oxygens (including phenoxy) is 3. The maximum Gasteiger partial charge on any atom is 0.416 e. The molecule has 17 heteroatoms. The molecule has 0 aromatic heterocycles. The molecule has 2 bridgehead atoms. The van der Waals surface area contributed by atoms with E-state index in [4.69, 9.17) is 14.2 Å². The fourth-order valence-electron chi connectivity index (χ4n) is 5.88. The summed E-state index contributed by atoms with van der Waals surface area (Å²) in [5.74, 6) is -3.15. The highest BCUT2D eigenvalue weighted by molar-refractivity contribution is 5.98. The van der Waals surface area contributed by atoms with Gasteiger partial charge < -0.3 is 45.5 Å². The van der Waals surface area contributed by atoms with Crippen molar-refractivity contribution >= 4 is 29.5 Å². The van der Waals surface area contributed by atoms with Crippen LogP contribution in [0.1, 0.15) is 65.5 Å². The van der Waals surface area contributed by atoms with E-state index in [2.05, 4.69) is 21.3 Å². The molecule has 4 rings (SSSR count). The Kier molecular flexibility index (Phi) is 14.7. The summed E-state index contributed by atoms with van der Waals surface area (Å²) < 4.78 is 57.7. The van der Waals surface area contributed by atoms with E-state index in [0.29, 0.717) is 29.5 Å². The Morgan fingerprint density at radius 3 is 2.23 bits per heavy atom. The van der Waals surface area contributed by atoms with Crippen LogP contribution in [0.15, 0.2) is 60.7 Å². The Labute approximate surface area is 322 Å². The van der Waals surface area contributed by atoms with Gasteiger partial charge in [0.1, 0.15) is 23.6 Å². The van der Waals surface area contributed by atoms with Crippen molar-refractivity contribution in [2.75, 3.05) is 33.9 Å². The van der Waals surface area contributed by atoms with Gasteiger partial charge in [-0.15, -0.1) is 0 Å². The number of nitrogens with one attached hydrogen (secondary N) is 4. The molecule has 0 spiro atoms. The van der Waals surface area contributed by atoms with Crippen molar-refractivity contribution in [3.05, 3.63) is 82.9 Å². The summed E-state index contributed by atoms with van der Waals surface area (Å²) in [5, 5.41) is 21.1. The Morgan fingerprint density at radius 2 is 1.57 bits per heavy atom. The van der Waals surface area contributed by atoms with Crippen LogP contribution < -0.4 is 35.5 Å². The van der Waals surface area contributed by atoms with Gasteiger partial charge in [-0.05, 0) is 74.2 Å². The molecule has 0 unspecified atom stereocenters. The van der Waals surface area contributed by atoms with Gasteiger partial charge in [-0.3, -0.25) is 24.0 Å². The fourth-order valence-corrected chi connectivity index (χ4v) is 5.88. The molecule has 5 N–H and O–H groups in total. The second-order valence-corrected chi connectivity index (χ2v) is 13.4. The number of rotatable bonds is 5. The summed E-state index contributed by atoms with van der Waals surface area (Å²) >= 11 is 0. The number of hydrogen-bond donors (Lipinski definition) is 5. The highest BCUT2D eigenvalue weighted by Crippen LogP contribution is 2.37. The van der Waals surface area contributed by atoms with E-state index in [0.717, 1.165) is 17.0 Å². The second-order valence-electron chi connectivity index (χ2n) is 13.4. The molecule has 0 aliphatic carbocycles. The number of aliphatic hydroxyl groups is 1. The highest BCUT2D eigenvalue weighted by atomic mass is 19.4. The first-order chi connectivity index (χ1) is 26.5. The Balaban J connectivity index is 1.70. The van der Waals surface area contributed by atoms with Crippen molar-refractivity contribution in [3.63, 3.8) is 0 Å². The van der Waals surface area contributed by atoms with E-state index >= 15 is 0 Å². The van der Waals surface area contributed by atoms with Crippen LogP contribution in [-0.4, -0.2) is 91.6 Å². The van der Waals surface area contributed by atoms with Crippen molar-refractivity contribution in [1.82, 2.24) is 26.2 Å². The quantitative estimate of drug-likeness (QED) is 0.257. The number of amides is 5. The normalized spacial score (nSPS) is 18.6. The molecule has 1 aliphatic heterocycles. The third-order valence-corrected chi connectivity index (χ3v) is 8.92. The SMILES string of the molecule is COc1ccc2cc1Oc1cccc(OC)c1CNC(=O)[C@@H](C(C)C)NC(=O)[C@H]([C@@H](C)O)NC(=O)CN(C(=O)c1cccc(C(F)(F)F)c1)CCCCNC2=O. The number of fused-ring (bicyclic) bond motifs is 3. The molecule has 0 saturated heterocycles. The number of nitrogens with zero attached hydrogens (tertiary/aromatic N) is 1. The minimum absolute atomic E-state index is 0.122. The third kappa shape index (κ3) is 11.1. The van der Waals surface area contributed by atoms with E-state index in [9.17, 15) is 42.3 Å². The third-order valence-electron chi connectivity index (χ3n) is 8.92. The zero-order valence-electron chi connectivity index (χ0n) is 31.6. The summed E-state index contributed by atoms with van der Waals surface area (Å²) in [5.41, 5.74) is -0.745. The van der Waals surface area contributed by atoms with E-state index in [1.54, 1.807) is 38.1 Å². The van der Waals surface area contributed by atoms with Gasteiger partial charge in [0.2, 0.25) is 17.7 Å². The molecule has 3 aromatic rings. The fraction of sp³-hybridized carbons (Fsp3) is 0.410. The lowest BCUT2D eigenvalue weighted by atomic mass is 10.0. The van der Waals surface area contributed by atoms with Gasteiger partial charge in [-0.2, -0.15) is 13.2 Å². The number of benzene rings is 3. The minimum atomic E-state index is -4.73. The number of carbonyl (C=O) groups excluding carboxylic acids is 5. The lowest BCUT2D eigenvalue weighted by Crippen LogP contribution is -2.59. The topological polar surface area (TPSA) is 185 Å². The van der Waals surface area contributed by atoms with Crippen LogP contribution in [0.3, 0.4) is 0 Å². The van der Waals surface area contributed by atoms with Gasteiger partial charge in [0.05, 0.1) is 44.5 Å². The van der Waals surface area contributed by atoms with Gasteiger partial charge >= 0.3 is 6.18 Å². The molecule has 3 atom stereocenters. The molecule has 1 heterocycles. The first kappa shape index (κ1) is 42.9. The Hall–Kier alpha value is -5.84. The van der Waals surface area contributed by atoms with Crippen LogP contribution in [0.4, 0.5) is 13.2 Å². The molecule has 56 heavy (non-hydrogen) atoms. The summed E-state index contributed by atoms with van der Waals surface area (Å²) in [6.07, 6.45) is -5.70. The average molecular weight is 786 g/mol. The van der Waals surface area contributed by atoms with E-state index in [1.807, 2.05) is 0 Å². The van der Waals surface area contributed by atoms with Gasteiger partial charge in [-0.1, -0.05) is 26.0 Å². The lowest BCUT2D eigenvalue weighted by Gasteiger charge is -2.28. The van der Waals surface area contributed by atoms with Gasteiger partial charge in [0.25, 0.3) is 11.8 Å². The molecule has 0 saturated carbocycles. The molecule has 14 nitrogen and oxygen atoms in total. The average Bonchev–Trinajstić information content (AvgIpc) is 3.16. The van der Waals surface area contributed by atoms with Crippen LogP contribution in [0.5, 0.6) is 23.0 Å². The van der Waals surface area contributed by atoms with Crippen LogP contribution in [0.2, 0.25) is 0 Å². The first-order valence-electron chi connectivity index (χ1n) is 17.9. The van der Waals surface area contributed by atoms with Crippen LogP contribution >= 0.6 is 0 Å². The lowest BCUT2D eigenvalue weighted by molar-refractivity contribution is -0.137. The summed E-state index contributed by atoms with van der Waals surface area (Å²) in [6, 6.07) is 10.5. The number of alkyl halides is 3. The monoisotopic (exact) mass is 785 g/mol. The number of carbonyl (C=O) groups is 5. The number of hydrogen-bond acceptors (Lipinski definition) is 9. The predicted molar refractivity (Wildman–Crippen MR) is 197 cm³/mol. The van der Waals surface area contributed by atoms with Gasteiger partial charge in [0.15, 0.2) is 11.5 Å². The van der Waals surface area contributed by atoms with Crippen molar-refractivity contribution in [1.29, 1.82) is 0 Å². The standard InChI is InChI=1S/C39H46F3N5O9/c1-22(2)33-36(51)44-20-27-28(54-4)12-9-13-29(27)56-31-19-24(14-15-30(31)55-5)35(50)43-16-6-7-17-47(21-32(49)45-34(23(3)48)37(52)46-33)38(53)25-10-8-11-26(18-25)39(40,41)42/h8-15,18-19,22-23,33-34,48H,6-7,16-17,20-21H2,1-5H3,(H,43,50)(H,44,51)(H,45,49)(H,46,52)/t23-,33-,34+/m1/s1. The van der Waals surface area contributed by atoms with Crippen molar-refractivity contribution in [2.45, 2.75) is 64.5 Å². The maximum absolute atomic E-state index is 13.6. The maximum atomic E-state index is 13.6. The Bertz CT molecular complexity index is 1900. The van der Waals surface area contributed by atoms with E-state index in [-0.39, 0.29) is 48.7 Å². The molecule has 0 fully saturated rings. The summed E-state index contributed by atoms with van der Waals surface area (Å²) in [6.45, 7) is 3.78. The number of aliphatic hydroxyl groups excluding tert-OH is 1. The smallest absolute Gasteiger partial charge is 0.416 e. The Morgan fingerprint density at radius 1 is 0.857 bits per heavy atom. The zero-order chi connectivity index (χ0) is 41.2. The number of methoxy groups -OCH3 is 2.